The van der Waals surface area contributed by atoms with Gasteiger partial charge in [0.05, 0.1) is 13.7 Å². The number of hydrogen-bond acceptors (Lipinski definition) is 3. The molecular weight excluding hydrogens is 204 g/mol. The maximum Gasteiger partial charge on any atom is 0.417 e. The molecule has 0 fully saturated rings. The fraction of sp³-hybridized carbons (Fsp3) is 0.846. The molecule has 94 valence electrons. The minimum Gasteiger partial charge on any atom is -0.457 e. The van der Waals surface area contributed by atoms with E-state index in [1.54, 1.807) is 0 Å². The van der Waals surface area contributed by atoms with E-state index in [0.717, 1.165) is 25.9 Å². The first-order chi connectivity index (χ1) is 7.91. The fourth-order valence-corrected chi connectivity index (χ4v) is 1.66. The zero-order chi connectivity index (χ0) is 11.9. The van der Waals surface area contributed by atoms with Crippen molar-refractivity contribution in [1.82, 2.24) is 0 Å². The van der Waals surface area contributed by atoms with Crippen LogP contribution in [0.15, 0.2) is 0 Å². The number of rotatable bonds is 13. The zero-order valence-corrected chi connectivity index (χ0v) is 10.2. The lowest BCUT2D eigenvalue weighted by molar-refractivity contribution is 0.233. The smallest absolute Gasteiger partial charge is 0.417 e. The lowest BCUT2D eigenvalue weighted by atomic mass is 10.1. The SMILES string of the molecule is [CH2]OCCCCCCCCCCCO[C]=O. The summed E-state index contributed by atoms with van der Waals surface area (Å²) in [6, 6.07) is 0. The van der Waals surface area contributed by atoms with Crippen LogP contribution in [0.5, 0.6) is 0 Å². The van der Waals surface area contributed by atoms with Gasteiger partial charge in [0.25, 0.3) is 0 Å². The number of carbonyl (C=O) groups excluding carboxylic acids is 1. The Morgan fingerprint density at radius 2 is 1.19 bits per heavy atom. The van der Waals surface area contributed by atoms with Crippen molar-refractivity contribution < 1.29 is 14.3 Å². The van der Waals surface area contributed by atoms with Gasteiger partial charge < -0.3 is 9.47 Å². The quantitative estimate of drug-likeness (QED) is 0.453. The monoisotopic (exact) mass is 228 g/mol. The third-order valence-electron chi connectivity index (χ3n) is 2.59. The first-order valence-corrected chi connectivity index (χ1v) is 6.27. The van der Waals surface area contributed by atoms with Gasteiger partial charge in [-0.25, -0.2) is 4.79 Å². The van der Waals surface area contributed by atoms with Crippen molar-refractivity contribution in [3.63, 3.8) is 0 Å². The van der Waals surface area contributed by atoms with Crippen LogP contribution in [0.3, 0.4) is 0 Å². The second-order valence-corrected chi connectivity index (χ2v) is 4.02. The third-order valence-corrected chi connectivity index (χ3v) is 2.59. The highest BCUT2D eigenvalue weighted by atomic mass is 16.5. The molecule has 0 amide bonds. The molecule has 0 bridgehead atoms. The van der Waals surface area contributed by atoms with E-state index < -0.39 is 0 Å². The van der Waals surface area contributed by atoms with E-state index in [4.69, 9.17) is 4.74 Å². The third kappa shape index (κ3) is 13.4. The molecule has 0 atom stereocenters. The van der Waals surface area contributed by atoms with Crippen molar-refractivity contribution in [2.24, 2.45) is 0 Å². The van der Waals surface area contributed by atoms with E-state index >= 15 is 0 Å². The van der Waals surface area contributed by atoms with Crippen molar-refractivity contribution >= 4 is 6.47 Å². The molecule has 0 aromatic carbocycles. The molecule has 16 heavy (non-hydrogen) atoms. The minimum absolute atomic E-state index is 0.522. The van der Waals surface area contributed by atoms with Gasteiger partial charge in [-0.1, -0.05) is 44.9 Å². The number of ether oxygens (including phenoxy) is 2. The standard InChI is InChI=1S/C13H24O3/c1-15-11-9-7-5-3-2-4-6-8-10-12-16-13-14/h1-12H2. The summed E-state index contributed by atoms with van der Waals surface area (Å²) in [6.45, 7) is 2.75. The Morgan fingerprint density at radius 1 is 0.750 bits per heavy atom. The number of unbranched alkanes of at least 4 members (excludes halogenated alkanes) is 8. The first kappa shape index (κ1) is 15.4. The highest BCUT2D eigenvalue weighted by Crippen LogP contribution is 2.09. The Bertz CT molecular complexity index is 137. The summed E-state index contributed by atoms with van der Waals surface area (Å²) in [5.41, 5.74) is 0. The maximum atomic E-state index is 9.73. The van der Waals surface area contributed by atoms with E-state index in [1.165, 1.54) is 45.0 Å². The van der Waals surface area contributed by atoms with E-state index in [0.29, 0.717) is 6.61 Å². The van der Waals surface area contributed by atoms with Gasteiger partial charge in [0.15, 0.2) is 0 Å². The van der Waals surface area contributed by atoms with Crippen molar-refractivity contribution in [3.05, 3.63) is 7.11 Å². The van der Waals surface area contributed by atoms with Gasteiger partial charge in [-0.15, -0.1) is 0 Å². The Labute approximate surface area is 99.5 Å². The topological polar surface area (TPSA) is 35.5 Å². The summed E-state index contributed by atoms with van der Waals surface area (Å²) in [4.78, 5) is 9.73. The van der Waals surface area contributed by atoms with Gasteiger partial charge in [0, 0.05) is 6.61 Å². The highest BCUT2D eigenvalue weighted by molar-refractivity contribution is 5.37. The molecule has 0 aromatic rings. The maximum absolute atomic E-state index is 9.73. The Hall–Kier alpha value is -0.570. The van der Waals surface area contributed by atoms with Crippen LogP contribution in [0.4, 0.5) is 0 Å². The van der Waals surface area contributed by atoms with Crippen LogP contribution >= 0.6 is 0 Å². The van der Waals surface area contributed by atoms with Gasteiger partial charge in [0.2, 0.25) is 0 Å². The Kier molecular flexibility index (Phi) is 13.9. The lowest BCUT2D eigenvalue weighted by Crippen LogP contribution is -1.91. The van der Waals surface area contributed by atoms with E-state index in [2.05, 4.69) is 11.8 Å². The molecule has 3 nitrogen and oxygen atoms in total. The van der Waals surface area contributed by atoms with Crippen molar-refractivity contribution in [3.8, 4) is 0 Å². The molecule has 0 aliphatic carbocycles. The fourth-order valence-electron chi connectivity index (χ4n) is 1.66. The molecule has 3 heteroatoms. The van der Waals surface area contributed by atoms with Crippen molar-refractivity contribution in [1.29, 1.82) is 0 Å². The van der Waals surface area contributed by atoms with Gasteiger partial charge in [0.1, 0.15) is 0 Å². The lowest BCUT2D eigenvalue weighted by Gasteiger charge is -2.02. The average Bonchev–Trinajstić information content (AvgIpc) is 2.31. The summed E-state index contributed by atoms with van der Waals surface area (Å²) >= 11 is 0. The molecule has 0 N–H and O–H groups in total. The van der Waals surface area contributed by atoms with Gasteiger partial charge in [-0.3, -0.25) is 0 Å². The van der Waals surface area contributed by atoms with Crippen LogP contribution in [-0.2, 0) is 14.3 Å². The van der Waals surface area contributed by atoms with Gasteiger partial charge >= 0.3 is 6.47 Å². The van der Waals surface area contributed by atoms with Gasteiger partial charge in [-0.05, 0) is 12.8 Å². The molecule has 0 rings (SSSR count). The van der Waals surface area contributed by atoms with Crippen molar-refractivity contribution in [2.75, 3.05) is 13.2 Å². The van der Waals surface area contributed by atoms with Crippen LogP contribution in [0.25, 0.3) is 0 Å². The van der Waals surface area contributed by atoms with E-state index in [1.807, 2.05) is 0 Å². The second kappa shape index (κ2) is 14.4. The average molecular weight is 228 g/mol. The normalized spacial score (nSPS) is 10.3. The summed E-state index contributed by atoms with van der Waals surface area (Å²) in [5.74, 6) is 0. The Balaban J connectivity index is 2.85. The molecule has 0 unspecified atom stereocenters. The van der Waals surface area contributed by atoms with Gasteiger partial charge in [-0.2, -0.15) is 0 Å². The number of hydrogen-bond donors (Lipinski definition) is 0. The molecule has 0 heterocycles. The van der Waals surface area contributed by atoms with E-state index in [-0.39, 0.29) is 0 Å². The van der Waals surface area contributed by atoms with Crippen LogP contribution in [0.1, 0.15) is 57.8 Å². The molecule has 0 spiro atoms. The summed E-state index contributed by atoms with van der Waals surface area (Å²) in [5, 5.41) is 0. The van der Waals surface area contributed by atoms with E-state index in [9.17, 15) is 4.79 Å². The molecule has 2 radical (unpaired) electrons. The first-order valence-electron chi connectivity index (χ1n) is 6.27. The minimum atomic E-state index is 0.522. The second-order valence-electron chi connectivity index (χ2n) is 4.02. The molecule has 0 aliphatic rings. The summed E-state index contributed by atoms with van der Waals surface area (Å²) < 4.78 is 9.24. The highest BCUT2D eigenvalue weighted by Gasteiger charge is 1.93. The molecule has 0 aromatic heterocycles. The largest absolute Gasteiger partial charge is 0.457 e. The molecule has 0 saturated carbocycles. The van der Waals surface area contributed by atoms with Crippen LogP contribution < -0.4 is 0 Å². The Morgan fingerprint density at radius 3 is 1.62 bits per heavy atom. The predicted molar refractivity (Wildman–Crippen MR) is 64.5 cm³/mol. The van der Waals surface area contributed by atoms with Crippen molar-refractivity contribution in [2.45, 2.75) is 57.8 Å². The molecular formula is C13H24O3. The molecule has 0 saturated heterocycles. The predicted octanol–water partition coefficient (Wildman–Crippen LogP) is 3.39. The zero-order valence-electron chi connectivity index (χ0n) is 10.2. The van der Waals surface area contributed by atoms with Crippen LogP contribution in [-0.4, -0.2) is 19.7 Å². The molecule has 0 aliphatic heterocycles. The summed E-state index contributed by atoms with van der Waals surface area (Å²) in [6.07, 6.45) is 10.9. The summed E-state index contributed by atoms with van der Waals surface area (Å²) in [7, 11) is 3.34. The van der Waals surface area contributed by atoms with Crippen LogP contribution in [0, 0.1) is 7.11 Å². The van der Waals surface area contributed by atoms with Crippen LogP contribution in [0.2, 0.25) is 0 Å².